The standard InChI is InChI=1S/C45H74O14/c1-13-16-32-27(7)35(57-44-41(51)40(50)39(49)30(10)56-44)22-45(53,59-32)29(9)38(48)28(8)42-33(54-11)18-15-17-23(3)19-25(5)36(46)31(14-2)37(47)26(6)20-24(4)21-34(55-12)43(52)58-42/h13,15-18,20-21,25-33,35-42,44,46-51,53H,14,19,22H2,1-12H3. The Bertz CT molecular complexity index is 1490. The summed E-state index contributed by atoms with van der Waals surface area (Å²) in [4.78, 5) is 13.9. The van der Waals surface area contributed by atoms with Crippen LogP contribution >= 0.6 is 0 Å². The smallest absolute Gasteiger partial charge is 0.373 e. The Kier molecular flexibility index (Phi) is 19.5. The number of carbonyl (C=O) groups excluding carboxylic acids is 1. The van der Waals surface area contributed by atoms with Crippen molar-refractivity contribution in [1.82, 2.24) is 0 Å². The number of esters is 1. The second-order valence-corrected chi connectivity index (χ2v) is 17.2. The highest BCUT2D eigenvalue weighted by Crippen LogP contribution is 2.42. The van der Waals surface area contributed by atoms with Gasteiger partial charge in [0.15, 0.2) is 12.1 Å². The van der Waals surface area contributed by atoms with E-state index in [-0.39, 0.29) is 35.9 Å². The topological polar surface area (TPSA) is 214 Å². The molecule has 0 amide bonds. The largest absolute Gasteiger partial charge is 0.490 e. The normalized spacial score (nSPS) is 41.4. The molecule has 7 N–H and O–H groups in total. The maximum absolute atomic E-state index is 13.9. The fourth-order valence-electron chi connectivity index (χ4n) is 8.63. The van der Waals surface area contributed by atoms with Gasteiger partial charge in [-0.3, -0.25) is 0 Å². The number of aliphatic hydroxyl groups excluding tert-OH is 6. The van der Waals surface area contributed by atoms with Crippen molar-refractivity contribution in [3.63, 3.8) is 0 Å². The van der Waals surface area contributed by atoms with Gasteiger partial charge in [0.2, 0.25) is 5.76 Å². The molecule has 19 unspecified atom stereocenters. The van der Waals surface area contributed by atoms with Crippen LogP contribution in [-0.4, -0.2) is 135 Å². The molecule has 3 aliphatic rings. The quantitative estimate of drug-likeness (QED) is 0.123. The molecule has 14 nitrogen and oxygen atoms in total. The number of allylic oxidation sites excluding steroid dienone is 6. The fourth-order valence-corrected chi connectivity index (χ4v) is 8.63. The lowest BCUT2D eigenvalue weighted by Crippen LogP contribution is -2.61. The van der Waals surface area contributed by atoms with E-state index >= 15 is 0 Å². The van der Waals surface area contributed by atoms with Gasteiger partial charge in [0.1, 0.15) is 30.5 Å². The number of cyclic esters (lactones) is 1. The maximum Gasteiger partial charge on any atom is 0.373 e. The Morgan fingerprint density at radius 1 is 0.983 bits per heavy atom. The molecule has 0 aromatic rings. The summed E-state index contributed by atoms with van der Waals surface area (Å²) >= 11 is 0. The van der Waals surface area contributed by atoms with E-state index in [9.17, 15) is 40.5 Å². The highest BCUT2D eigenvalue weighted by atomic mass is 16.7. The average Bonchev–Trinajstić information content (AvgIpc) is 3.19. The van der Waals surface area contributed by atoms with E-state index in [1.165, 1.54) is 20.3 Å². The molecular formula is C45H74O14. The summed E-state index contributed by atoms with van der Waals surface area (Å²) in [6.07, 6.45) is 0.0543. The van der Waals surface area contributed by atoms with Crippen molar-refractivity contribution in [2.24, 2.45) is 35.5 Å². The summed E-state index contributed by atoms with van der Waals surface area (Å²) in [6, 6.07) is 0. The lowest BCUT2D eigenvalue weighted by atomic mass is 9.77. The molecule has 338 valence electrons. The number of aliphatic hydroxyl groups is 7. The minimum atomic E-state index is -2.02. The van der Waals surface area contributed by atoms with Gasteiger partial charge in [-0.15, -0.1) is 0 Å². The Morgan fingerprint density at radius 3 is 2.24 bits per heavy atom. The minimum Gasteiger partial charge on any atom is -0.490 e. The van der Waals surface area contributed by atoms with Crippen LogP contribution in [0.2, 0.25) is 0 Å². The Hall–Kier alpha value is -2.47. The first-order valence-corrected chi connectivity index (χ1v) is 21.1. The van der Waals surface area contributed by atoms with Crippen LogP contribution in [0.3, 0.4) is 0 Å². The summed E-state index contributed by atoms with van der Waals surface area (Å²) in [5.41, 5.74) is 1.58. The summed E-state index contributed by atoms with van der Waals surface area (Å²) in [6.45, 7) is 18.0. The highest BCUT2D eigenvalue weighted by molar-refractivity contribution is 5.87. The lowest BCUT2D eigenvalue weighted by Gasteiger charge is -2.50. The molecule has 0 aromatic carbocycles. The predicted octanol–water partition coefficient (Wildman–Crippen LogP) is 3.85. The number of methoxy groups -OCH3 is 2. The van der Waals surface area contributed by atoms with Gasteiger partial charge in [-0.2, -0.15) is 0 Å². The van der Waals surface area contributed by atoms with Crippen molar-refractivity contribution >= 4 is 5.97 Å². The Morgan fingerprint density at radius 2 is 1.64 bits per heavy atom. The third kappa shape index (κ3) is 12.6. The number of hydrogen-bond acceptors (Lipinski definition) is 14. The third-order valence-corrected chi connectivity index (χ3v) is 12.7. The SMILES string of the molecule is CC=CC1OC(O)(C(C)C(O)C(C)C2OC(=O)C(OC)=CC(C)=CC(C)C(O)C(CC)C(O)C(C)CC(C)=CC=CC2OC)CC(OC2OC(C)C(O)C(O)C2O)C1C. The van der Waals surface area contributed by atoms with Gasteiger partial charge in [0.05, 0.1) is 43.7 Å². The molecule has 0 aliphatic carbocycles. The number of rotatable bonds is 10. The molecule has 14 heteroatoms. The molecule has 2 fully saturated rings. The van der Waals surface area contributed by atoms with Crippen molar-refractivity contribution in [1.29, 1.82) is 0 Å². The number of ether oxygens (including phenoxy) is 6. The van der Waals surface area contributed by atoms with E-state index in [1.54, 1.807) is 58.9 Å². The van der Waals surface area contributed by atoms with Gasteiger partial charge in [0, 0.05) is 43.1 Å². The molecule has 0 spiro atoms. The second-order valence-electron chi connectivity index (χ2n) is 17.2. The lowest BCUT2D eigenvalue weighted by molar-refractivity contribution is -0.352. The molecule has 19 atom stereocenters. The zero-order valence-electron chi connectivity index (χ0n) is 37.0. The number of carbonyl (C=O) groups is 1. The molecule has 3 rings (SSSR count). The van der Waals surface area contributed by atoms with E-state index in [1.807, 2.05) is 46.8 Å². The van der Waals surface area contributed by atoms with Gasteiger partial charge >= 0.3 is 5.97 Å². The van der Waals surface area contributed by atoms with Gasteiger partial charge in [0.25, 0.3) is 0 Å². The molecule has 0 radical (unpaired) electrons. The Balaban J connectivity index is 2.03. The molecule has 0 aromatic heterocycles. The molecule has 0 saturated carbocycles. The number of hydrogen-bond donors (Lipinski definition) is 7. The van der Waals surface area contributed by atoms with Gasteiger partial charge < -0.3 is 64.2 Å². The monoisotopic (exact) mass is 839 g/mol. The molecule has 59 heavy (non-hydrogen) atoms. The van der Waals surface area contributed by atoms with Crippen molar-refractivity contribution in [3.05, 3.63) is 59.4 Å². The van der Waals surface area contributed by atoms with Crippen LogP contribution in [-0.2, 0) is 33.2 Å². The van der Waals surface area contributed by atoms with Crippen LogP contribution in [0.5, 0.6) is 0 Å². The van der Waals surface area contributed by atoms with Crippen LogP contribution in [0.4, 0.5) is 0 Å². The summed E-state index contributed by atoms with van der Waals surface area (Å²) < 4.78 is 35.8. The first kappa shape index (κ1) is 50.9. The fraction of sp³-hybridized carbons (Fsp3) is 0.756. The van der Waals surface area contributed by atoms with Crippen LogP contribution in [0.15, 0.2) is 59.4 Å². The zero-order chi connectivity index (χ0) is 44.5. The van der Waals surface area contributed by atoms with Crippen LogP contribution in [0.1, 0.15) is 88.5 Å². The summed E-state index contributed by atoms with van der Waals surface area (Å²) in [5.74, 6) is -6.19. The van der Waals surface area contributed by atoms with Crippen molar-refractivity contribution in [3.8, 4) is 0 Å². The molecular weight excluding hydrogens is 764 g/mol. The van der Waals surface area contributed by atoms with E-state index in [4.69, 9.17) is 28.4 Å². The van der Waals surface area contributed by atoms with Gasteiger partial charge in [-0.25, -0.2) is 4.79 Å². The predicted molar refractivity (Wildman–Crippen MR) is 221 cm³/mol. The average molecular weight is 839 g/mol. The zero-order valence-corrected chi connectivity index (χ0v) is 37.0. The van der Waals surface area contributed by atoms with Crippen LogP contribution in [0.25, 0.3) is 0 Å². The van der Waals surface area contributed by atoms with E-state index in [0.29, 0.717) is 18.4 Å². The van der Waals surface area contributed by atoms with Crippen molar-refractivity contribution in [2.45, 2.75) is 168 Å². The molecule has 0 bridgehead atoms. The summed E-state index contributed by atoms with van der Waals surface area (Å²) in [5, 5.41) is 78.5. The first-order valence-electron chi connectivity index (χ1n) is 21.1. The van der Waals surface area contributed by atoms with E-state index in [0.717, 1.165) is 5.57 Å². The molecule has 3 heterocycles. The van der Waals surface area contributed by atoms with E-state index in [2.05, 4.69) is 0 Å². The van der Waals surface area contributed by atoms with Gasteiger partial charge in [-0.05, 0) is 52.5 Å². The van der Waals surface area contributed by atoms with Crippen molar-refractivity contribution in [2.75, 3.05) is 14.2 Å². The van der Waals surface area contributed by atoms with Gasteiger partial charge in [-0.1, -0.05) is 89.1 Å². The third-order valence-electron chi connectivity index (χ3n) is 12.7. The van der Waals surface area contributed by atoms with Crippen LogP contribution < -0.4 is 0 Å². The minimum absolute atomic E-state index is 0.131. The first-order chi connectivity index (χ1) is 27.6. The van der Waals surface area contributed by atoms with Crippen molar-refractivity contribution < 1.29 is 69.0 Å². The highest BCUT2D eigenvalue weighted by Gasteiger charge is 2.53. The molecule has 3 aliphatic heterocycles. The maximum atomic E-state index is 13.9. The molecule has 2 saturated heterocycles. The second kappa shape index (κ2) is 22.6. The van der Waals surface area contributed by atoms with E-state index < -0.39 is 97.0 Å². The van der Waals surface area contributed by atoms with Crippen LogP contribution in [0, 0.1) is 35.5 Å². The Labute approximate surface area is 351 Å². The summed E-state index contributed by atoms with van der Waals surface area (Å²) in [7, 11) is 2.79.